The Bertz CT molecular complexity index is 1280. The van der Waals surface area contributed by atoms with Crippen molar-refractivity contribution in [1.29, 1.82) is 0 Å². The molecule has 0 amide bonds. The van der Waals surface area contributed by atoms with Crippen molar-refractivity contribution in [2.75, 3.05) is 26.5 Å². The molecular weight excluding hydrogens is 757 g/mol. The Morgan fingerprint density at radius 1 is 0.826 bits per heavy atom. The van der Waals surface area contributed by atoms with Gasteiger partial charge in [-0.15, -0.1) is 0 Å². The van der Waals surface area contributed by atoms with Gasteiger partial charge in [0.25, 0.3) is 23.5 Å². The Labute approximate surface area is 267 Å². The van der Waals surface area contributed by atoms with Crippen molar-refractivity contribution in [2.45, 2.75) is 81.0 Å². The van der Waals surface area contributed by atoms with Crippen LogP contribution in [0.2, 0.25) is 0 Å². The number of phosphoric ester groups is 2. The molecule has 3 aliphatic rings. The van der Waals surface area contributed by atoms with E-state index < -0.39 is 113 Å². The van der Waals surface area contributed by atoms with Crippen molar-refractivity contribution < 1.29 is 103 Å². The molecule has 0 aliphatic carbocycles. The predicted molar refractivity (Wildman–Crippen MR) is 142 cm³/mol. The molecule has 0 aromatic heterocycles. The summed E-state index contributed by atoms with van der Waals surface area (Å²) in [6.07, 6.45) is -9.62. The monoisotopic (exact) mass is 786 g/mol. The smallest absolute Gasteiger partial charge is 0.472 e. The molecule has 3 N–H and O–H groups in total. The lowest BCUT2D eigenvalue weighted by molar-refractivity contribution is -0.244. The molecule has 0 saturated carbocycles. The molecule has 0 spiro atoms. The number of hydrogen-bond donors (Lipinski definition) is 3. The number of ether oxygens (including phenoxy) is 3. The zero-order chi connectivity index (χ0) is 34.7. The van der Waals surface area contributed by atoms with Crippen molar-refractivity contribution in [3.63, 3.8) is 0 Å². The van der Waals surface area contributed by atoms with E-state index in [-0.39, 0.29) is 25.4 Å². The van der Waals surface area contributed by atoms with Gasteiger partial charge in [-0.3, -0.25) is 27.1 Å². The van der Waals surface area contributed by atoms with Gasteiger partial charge in [-0.25, -0.2) is 13.3 Å². The number of halogens is 1. The zero-order valence-corrected chi connectivity index (χ0v) is 28.7. The van der Waals surface area contributed by atoms with Crippen molar-refractivity contribution >= 4 is 57.7 Å². The highest BCUT2D eigenvalue weighted by atomic mass is 32.5. The van der Waals surface area contributed by atoms with Gasteiger partial charge in [-0.2, -0.15) is 0 Å². The van der Waals surface area contributed by atoms with Crippen molar-refractivity contribution in [1.82, 2.24) is 0 Å². The highest BCUT2D eigenvalue weighted by Gasteiger charge is 2.43. The zero-order valence-electron chi connectivity index (χ0n) is 23.4. The van der Waals surface area contributed by atoms with Crippen LogP contribution in [0.4, 0.5) is 4.39 Å². The van der Waals surface area contributed by atoms with E-state index in [1.807, 2.05) is 0 Å². The molecule has 5 unspecified atom stereocenters. The summed E-state index contributed by atoms with van der Waals surface area (Å²) >= 11 is 4.32. The molecule has 2 radical (unpaired) electrons. The minimum atomic E-state index is -6.00. The lowest BCUT2D eigenvalue weighted by Crippen LogP contribution is -2.33. The van der Waals surface area contributed by atoms with E-state index in [1.165, 1.54) is 0 Å². The van der Waals surface area contributed by atoms with Gasteiger partial charge in [0.05, 0.1) is 44.2 Å². The summed E-state index contributed by atoms with van der Waals surface area (Å²) in [6, 6.07) is -1.20. The molecule has 3 fully saturated rings. The van der Waals surface area contributed by atoms with Crippen molar-refractivity contribution in [3.05, 3.63) is 0 Å². The van der Waals surface area contributed by atoms with Crippen LogP contribution in [0.1, 0.15) is 26.2 Å². The molecular formula is C17H29BFO21P5S-4. The average Bonchev–Trinajstić information content (AvgIpc) is 3.52. The van der Waals surface area contributed by atoms with Crippen molar-refractivity contribution in [2.24, 2.45) is 0 Å². The van der Waals surface area contributed by atoms with E-state index in [1.54, 1.807) is 6.92 Å². The molecule has 3 aliphatic heterocycles. The maximum absolute atomic E-state index is 13.3. The number of rotatable bonds is 18. The summed E-state index contributed by atoms with van der Waals surface area (Å²) in [4.78, 5) is 65.5. The average molecular weight is 786 g/mol. The molecule has 3 saturated heterocycles. The van der Waals surface area contributed by atoms with E-state index in [0.717, 1.165) is 0 Å². The van der Waals surface area contributed by atoms with E-state index in [0.29, 0.717) is 0 Å². The fraction of sp³-hybridized carbons (Fsp3) is 1.00. The third-order valence-electron chi connectivity index (χ3n) is 6.22. The van der Waals surface area contributed by atoms with Gasteiger partial charge in [0, 0.05) is 18.8 Å². The number of aliphatic hydroxyl groups excluding tert-OH is 1. The fourth-order valence-electron chi connectivity index (χ4n) is 4.43. The quantitative estimate of drug-likeness (QED) is 0.0987. The summed E-state index contributed by atoms with van der Waals surface area (Å²) in [6.45, 7) is -6.92. The van der Waals surface area contributed by atoms with Crippen LogP contribution in [0, 0.1) is 0 Å². The first kappa shape index (κ1) is 41.3. The van der Waals surface area contributed by atoms with Gasteiger partial charge in [-0.1, -0.05) is 11.8 Å². The van der Waals surface area contributed by atoms with Crippen LogP contribution in [-0.4, -0.2) is 104 Å². The normalized spacial score (nSPS) is 38.4. The van der Waals surface area contributed by atoms with Crippen molar-refractivity contribution in [3.8, 4) is 0 Å². The number of aliphatic hydroxyl groups is 1. The van der Waals surface area contributed by atoms with Gasteiger partial charge in [0.2, 0.25) is 0 Å². The minimum Gasteiger partial charge on any atom is -0.779 e. The van der Waals surface area contributed by atoms with Gasteiger partial charge < -0.3 is 62.2 Å². The summed E-state index contributed by atoms with van der Waals surface area (Å²) in [5.74, 6) is 0. The molecule has 0 bridgehead atoms. The molecule has 14 atom stereocenters. The van der Waals surface area contributed by atoms with Gasteiger partial charge in [0.1, 0.15) is 45.7 Å². The van der Waals surface area contributed by atoms with Crippen LogP contribution in [0.25, 0.3) is 0 Å². The Hall–Kier alpha value is 0.885. The first-order chi connectivity index (χ1) is 21.0. The fourth-order valence-corrected chi connectivity index (χ4v) is 10.2. The summed E-state index contributed by atoms with van der Waals surface area (Å²) < 4.78 is 108. The highest BCUT2D eigenvalue weighted by molar-refractivity contribution is 8.07. The topological polar surface area (TPSA) is 314 Å². The Balaban J connectivity index is 1.54. The number of phosphoric acid groups is 4. The molecule has 0 aromatic rings. The van der Waals surface area contributed by atoms with Gasteiger partial charge in [-0.05, 0) is 13.3 Å². The Morgan fingerprint density at radius 2 is 1.41 bits per heavy atom. The van der Waals surface area contributed by atoms with Crippen LogP contribution < -0.4 is 19.6 Å². The summed E-state index contributed by atoms with van der Waals surface area (Å²) in [7, 11) is -16.5. The molecule has 29 heteroatoms. The van der Waals surface area contributed by atoms with Gasteiger partial charge in [0.15, 0.2) is 0 Å². The summed E-state index contributed by atoms with van der Waals surface area (Å²) in [5.41, 5.74) is 0. The third kappa shape index (κ3) is 13.9. The van der Waals surface area contributed by atoms with Crippen LogP contribution >= 0.6 is 38.0 Å². The van der Waals surface area contributed by atoms with E-state index in [4.69, 9.17) is 45.0 Å². The molecule has 46 heavy (non-hydrogen) atoms. The predicted octanol–water partition coefficient (Wildman–Crippen LogP) is -2.13. The van der Waals surface area contributed by atoms with Crippen LogP contribution in [-0.2, 0) is 75.5 Å². The second kappa shape index (κ2) is 16.5. The standard InChI is InChI=1S/C17H33BFO21P5S/c1-9-2-11(20)14(34-9)6-31-42(24,25)37-12-3-10(5-19)35-15(12)7-32-43(26,27)38-13-4-17(18)36-16(13)8-33-45(30,46)40-44(28,29)39-41(21,22)23/h9-17,20H,2-8H2,1H3,(H,24,25)(H,26,27)(H,28,29)(H,30,46)(H2,21,22,23)/p-4/t9-,10+,11-,12-,13-,14+,15+,16+,17+,45?/m0/s1. The van der Waals surface area contributed by atoms with Crippen LogP contribution in [0.15, 0.2) is 0 Å². The SMILES string of the molecule is [B][C@H]1C[C@H](OP(=O)([O-])OC[C@H]2O[C@@H](CF)C[C@@H]2OP(=O)(O)OC[C@H]2O[C@@H](C)C[C@@H]2O)[C@@H](COP([O-])(=S)OP(=O)([O-])OP(=O)([O-])O)O1. The number of hydrogen-bond acceptors (Lipinski definition) is 20. The Morgan fingerprint density at radius 3 is 2.00 bits per heavy atom. The number of alkyl halides is 1. The lowest BCUT2D eigenvalue weighted by atomic mass is 9.96. The van der Waals surface area contributed by atoms with E-state index in [2.05, 4.69) is 25.0 Å². The van der Waals surface area contributed by atoms with E-state index in [9.17, 15) is 52.2 Å². The van der Waals surface area contributed by atoms with E-state index >= 15 is 0 Å². The second-order valence-corrected chi connectivity index (χ2v) is 18.4. The molecule has 268 valence electrons. The first-order valence-electron chi connectivity index (χ1n) is 13.0. The minimum absolute atomic E-state index is 0.270. The maximum atomic E-state index is 13.3. The largest absolute Gasteiger partial charge is 0.779 e. The molecule has 21 nitrogen and oxygen atoms in total. The Kier molecular flexibility index (Phi) is 14.8. The molecule has 3 rings (SSSR count). The second-order valence-electron chi connectivity index (χ2n) is 10.0. The van der Waals surface area contributed by atoms with Crippen LogP contribution in [0.3, 0.4) is 0 Å². The highest BCUT2D eigenvalue weighted by Crippen LogP contribution is 2.61. The van der Waals surface area contributed by atoms with Crippen LogP contribution in [0.5, 0.6) is 0 Å². The maximum Gasteiger partial charge on any atom is 0.472 e. The third-order valence-corrected chi connectivity index (χ3v) is 12.8. The summed E-state index contributed by atoms with van der Waals surface area (Å²) in [5, 5.41) is 9.91. The van der Waals surface area contributed by atoms with Gasteiger partial charge >= 0.3 is 7.82 Å². The molecule has 3 heterocycles. The first-order valence-corrected chi connectivity index (χ1v) is 21.4. The molecule has 0 aromatic carbocycles. The lowest BCUT2D eigenvalue weighted by Gasteiger charge is -2.36.